The van der Waals surface area contributed by atoms with E-state index in [4.69, 9.17) is 23.2 Å². The SMILES string of the molecule is O=c1cc(C(S)c2ccc(Cl)c(Cl)c2)nc2nc(Cc3ccccc3)[nH]n12. The molecule has 0 fully saturated rings. The predicted molar refractivity (Wildman–Crippen MR) is 110 cm³/mol. The van der Waals surface area contributed by atoms with Crippen LogP contribution in [0, 0.1) is 0 Å². The summed E-state index contributed by atoms with van der Waals surface area (Å²) in [7, 11) is 0. The van der Waals surface area contributed by atoms with Crippen LogP contribution >= 0.6 is 35.8 Å². The van der Waals surface area contributed by atoms with Crippen LogP contribution in [0.1, 0.15) is 27.9 Å². The van der Waals surface area contributed by atoms with Crippen molar-refractivity contribution in [3.63, 3.8) is 0 Å². The Kier molecular flexibility index (Phi) is 4.95. The molecular formula is C19H14Cl2N4OS. The number of hydrogen-bond donors (Lipinski definition) is 2. The average molecular weight is 417 g/mol. The van der Waals surface area contributed by atoms with Crippen LogP contribution in [-0.2, 0) is 6.42 Å². The number of H-pyrrole nitrogens is 1. The van der Waals surface area contributed by atoms with Crippen molar-refractivity contribution in [2.24, 2.45) is 0 Å². The number of nitrogens with zero attached hydrogens (tertiary/aromatic N) is 3. The van der Waals surface area contributed by atoms with Gasteiger partial charge in [-0.2, -0.15) is 22.1 Å². The van der Waals surface area contributed by atoms with E-state index < -0.39 is 5.25 Å². The highest BCUT2D eigenvalue weighted by molar-refractivity contribution is 7.80. The number of thiol groups is 1. The number of benzene rings is 2. The minimum absolute atomic E-state index is 0.249. The van der Waals surface area contributed by atoms with Crippen molar-refractivity contribution in [2.45, 2.75) is 11.7 Å². The van der Waals surface area contributed by atoms with Crippen molar-refractivity contribution in [1.29, 1.82) is 0 Å². The predicted octanol–water partition coefficient (Wildman–Crippen LogP) is 4.33. The summed E-state index contributed by atoms with van der Waals surface area (Å²) < 4.78 is 1.33. The van der Waals surface area contributed by atoms with Crippen LogP contribution in [0.3, 0.4) is 0 Å². The zero-order valence-electron chi connectivity index (χ0n) is 13.9. The molecule has 0 spiro atoms. The lowest BCUT2D eigenvalue weighted by Gasteiger charge is -2.11. The van der Waals surface area contributed by atoms with Crippen LogP contribution in [-0.4, -0.2) is 19.6 Å². The summed E-state index contributed by atoms with van der Waals surface area (Å²) in [5, 5.41) is 3.46. The van der Waals surface area contributed by atoms with Crippen molar-refractivity contribution in [1.82, 2.24) is 19.6 Å². The Bertz CT molecular complexity index is 1170. The van der Waals surface area contributed by atoms with Crippen LogP contribution in [0.5, 0.6) is 0 Å². The van der Waals surface area contributed by atoms with Gasteiger partial charge in [-0.15, -0.1) is 0 Å². The maximum absolute atomic E-state index is 12.5. The number of aromatic nitrogens is 4. The van der Waals surface area contributed by atoms with Gasteiger partial charge in [0, 0.05) is 12.5 Å². The van der Waals surface area contributed by atoms with E-state index in [0.717, 1.165) is 11.1 Å². The van der Waals surface area contributed by atoms with E-state index in [0.29, 0.717) is 33.8 Å². The van der Waals surface area contributed by atoms with Crippen LogP contribution < -0.4 is 5.56 Å². The molecule has 0 radical (unpaired) electrons. The first-order valence-electron chi connectivity index (χ1n) is 8.17. The highest BCUT2D eigenvalue weighted by Crippen LogP contribution is 2.31. The fourth-order valence-corrected chi connectivity index (χ4v) is 3.40. The monoisotopic (exact) mass is 416 g/mol. The lowest BCUT2D eigenvalue weighted by molar-refractivity contribution is 0.851. The van der Waals surface area contributed by atoms with Crippen molar-refractivity contribution >= 4 is 41.6 Å². The summed E-state index contributed by atoms with van der Waals surface area (Å²) >= 11 is 16.6. The Morgan fingerprint density at radius 1 is 1.04 bits per heavy atom. The number of rotatable bonds is 4. The zero-order valence-corrected chi connectivity index (χ0v) is 16.3. The van der Waals surface area contributed by atoms with Crippen LogP contribution in [0.15, 0.2) is 59.4 Å². The summed E-state index contributed by atoms with van der Waals surface area (Å²) in [5.74, 6) is 0.968. The number of hydrogen-bond acceptors (Lipinski definition) is 4. The molecule has 0 aliphatic rings. The molecule has 0 aliphatic heterocycles. The Labute approximate surface area is 170 Å². The van der Waals surface area contributed by atoms with Gasteiger partial charge in [0.15, 0.2) is 0 Å². The number of nitrogens with one attached hydrogen (secondary N) is 1. The first-order valence-corrected chi connectivity index (χ1v) is 9.44. The van der Waals surface area contributed by atoms with E-state index in [1.54, 1.807) is 18.2 Å². The average Bonchev–Trinajstić information content (AvgIpc) is 3.07. The Hall–Kier alpha value is -2.28. The summed E-state index contributed by atoms with van der Waals surface area (Å²) in [5.41, 5.74) is 2.14. The van der Waals surface area contributed by atoms with Crippen molar-refractivity contribution in [2.75, 3.05) is 0 Å². The van der Waals surface area contributed by atoms with E-state index in [2.05, 4.69) is 27.7 Å². The smallest absolute Gasteiger partial charge is 0.274 e. The minimum atomic E-state index is -0.424. The Balaban J connectivity index is 1.70. The van der Waals surface area contributed by atoms with Crippen LogP contribution in [0.2, 0.25) is 10.0 Å². The number of fused-ring (bicyclic) bond motifs is 1. The van der Waals surface area contributed by atoms with E-state index in [1.807, 2.05) is 30.3 Å². The third kappa shape index (κ3) is 3.74. The molecule has 0 saturated heterocycles. The summed E-state index contributed by atoms with van der Waals surface area (Å²) in [4.78, 5) is 21.4. The van der Waals surface area contributed by atoms with Crippen molar-refractivity contribution in [3.8, 4) is 0 Å². The van der Waals surface area contributed by atoms with Crippen LogP contribution in [0.25, 0.3) is 5.78 Å². The standard InChI is InChI=1S/C19H14Cl2N4OS/c20-13-7-6-12(9-14(13)21)18(27)15-10-17(26)25-19(22-15)23-16(24-25)8-11-4-2-1-3-5-11/h1-7,9-10,18,27H,8H2,(H,22,23,24). The largest absolute Gasteiger partial charge is 0.275 e. The molecule has 27 heavy (non-hydrogen) atoms. The maximum atomic E-state index is 12.5. The highest BCUT2D eigenvalue weighted by atomic mass is 35.5. The molecule has 4 aromatic rings. The molecule has 1 N–H and O–H groups in total. The van der Waals surface area contributed by atoms with Gasteiger partial charge >= 0.3 is 0 Å². The third-order valence-corrected chi connectivity index (χ3v) is 5.45. The van der Waals surface area contributed by atoms with E-state index in [-0.39, 0.29) is 5.56 Å². The molecule has 8 heteroatoms. The Morgan fingerprint density at radius 3 is 2.56 bits per heavy atom. The zero-order chi connectivity index (χ0) is 19.0. The van der Waals surface area contributed by atoms with E-state index in [9.17, 15) is 4.79 Å². The topological polar surface area (TPSA) is 63.0 Å². The van der Waals surface area contributed by atoms with Crippen molar-refractivity contribution < 1.29 is 0 Å². The van der Waals surface area contributed by atoms with Gasteiger partial charge in [0.1, 0.15) is 5.82 Å². The lowest BCUT2D eigenvalue weighted by Crippen LogP contribution is -2.16. The van der Waals surface area contributed by atoms with Gasteiger partial charge in [-0.25, -0.2) is 4.98 Å². The second-order valence-electron chi connectivity index (χ2n) is 6.06. The second kappa shape index (κ2) is 7.38. The molecule has 0 saturated carbocycles. The van der Waals surface area contributed by atoms with Gasteiger partial charge in [0.2, 0.25) is 0 Å². The molecule has 0 bridgehead atoms. The molecule has 0 aliphatic carbocycles. The van der Waals surface area contributed by atoms with E-state index >= 15 is 0 Å². The lowest BCUT2D eigenvalue weighted by atomic mass is 10.1. The highest BCUT2D eigenvalue weighted by Gasteiger charge is 2.16. The molecule has 0 amide bonds. The molecule has 5 nitrogen and oxygen atoms in total. The first kappa shape index (κ1) is 18.1. The quantitative estimate of drug-likeness (QED) is 0.486. The number of aromatic amines is 1. The van der Waals surface area contributed by atoms with Gasteiger partial charge in [-0.05, 0) is 23.3 Å². The normalized spacial score (nSPS) is 12.4. The minimum Gasteiger partial charge on any atom is -0.275 e. The van der Waals surface area contributed by atoms with Gasteiger partial charge in [0.25, 0.3) is 11.3 Å². The molecule has 1 atom stereocenters. The third-order valence-electron chi connectivity index (χ3n) is 4.15. The Morgan fingerprint density at radius 2 is 1.81 bits per heavy atom. The van der Waals surface area contributed by atoms with Crippen LogP contribution in [0.4, 0.5) is 0 Å². The van der Waals surface area contributed by atoms with E-state index in [1.165, 1.54) is 10.6 Å². The van der Waals surface area contributed by atoms with Gasteiger partial charge in [0.05, 0.1) is 21.0 Å². The fourth-order valence-electron chi connectivity index (χ4n) is 2.80. The molecular weight excluding hydrogens is 403 g/mol. The molecule has 2 aromatic heterocycles. The summed E-state index contributed by atoms with van der Waals surface area (Å²) in [6.45, 7) is 0. The maximum Gasteiger partial charge on any atom is 0.274 e. The molecule has 4 rings (SSSR count). The number of halogens is 2. The molecule has 1 unspecified atom stereocenters. The fraction of sp³-hybridized carbons (Fsp3) is 0.105. The van der Waals surface area contributed by atoms with Crippen molar-refractivity contribution in [3.05, 3.63) is 97.6 Å². The summed E-state index contributed by atoms with van der Waals surface area (Å²) in [6.07, 6.45) is 0.579. The molecule has 136 valence electrons. The van der Waals surface area contributed by atoms with Gasteiger partial charge in [-0.1, -0.05) is 59.6 Å². The van der Waals surface area contributed by atoms with Gasteiger partial charge in [-0.3, -0.25) is 9.89 Å². The summed E-state index contributed by atoms with van der Waals surface area (Å²) in [6, 6.07) is 16.5. The van der Waals surface area contributed by atoms with Gasteiger partial charge < -0.3 is 0 Å². The first-order chi connectivity index (χ1) is 13.0. The second-order valence-corrected chi connectivity index (χ2v) is 7.39. The molecule has 2 heterocycles. The molecule has 2 aromatic carbocycles.